The number of hydrogen-bond acceptors (Lipinski definition) is 5. The van der Waals surface area contributed by atoms with Gasteiger partial charge in [0.15, 0.2) is 0 Å². The Labute approximate surface area is 229 Å². The molecule has 6 nitrogen and oxygen atoms in total. The second-order valence-corrected chi connectivity index (χ2v) is 11.1. The zero-order chi connectivity index (χ0) is 27.6. The van der Waals surface area contributed by atoms with E-state index in [0.29, 0.717) is 13.2 Å². The highest BCUT2D eigenvalue weighted by atomic mass is 16.5. The van der Waals surface area contributed by atoms with Crippen LogP contribution in [0.15, 0.2) is 25.3 Å². The number of ether oxygens (including phenoxy) is 2. The second kappa shape index (κ2) is 24.7. The van der Waals surface area contributed by atoms with Gasteiger partial charge < -0.3 is 18.9 Å². The summed E-state index contributed by atoms with van der Waals surface area (Å²) >= 11 is 0. The molecule has 0 atom stereocenters. The number of rotatable bonds is 27. The van der Waals surface area contributed by atoms with Crippen LogP contribution in [0.25, 0.3) is 0 Å². The van der Waals surface area contributed by atoms with Crippen LogP contribution in [0.3, 0.4) is 0 Å². The summed E-state index contributed by atoms with van der Waals surface area (Å²) in [5, 5.41) is 0. The van der Waals surface area contributed by atoms with Crippen LogP contribution in [0.5, 0.6) is 0 Å². The first-order valence-corrected chi connectivity index (χ1v) is 14.9. The van der Waals surface area contributed by atoms with Gasteiger partial charge >= 0.3 is 11.9 Å². The molecule has 216 valence electrons. The summed E-state index contributed by atoms with van der Waals surface area (Å²) in [6.07, 6.45) is 22.1. The lowest BCUT2D eigenvalue weighted by Gasteiger charge is -2.30. The van der Waals surface area contributed by atoms with Crippen molar-refractivity contribution in [2.24, 2.45) is 0 Å². The monoisotopic (exact) mass is 523 g/mol. The lowest BCUT2D eigenvalue weighted by atomic mass is 10.1. The number of nitrogens with zero attached hydrogens (tertiary/aromatic N) is 2. The SMILES string of the molecule is C=CC(=O)OCCCCCCCCCCN(C)CCC[N+](C)(C)CCCCCCCCCOC(=O)C=C. The fraction of sp³-hybridized carbons (Fsp3) is 0.806. The quantitative estimate of drug-likeness (QED) is 0.0519. The van der Waals surface area contributed by atoms with E-state index in [1.807, 2.05) is 0 Å². The van der Waals surface area contributed by atoms with Crippen molar-refractivity contribution >= 4 is 11.9 Å². The summed E-state index contributed by atoms with van der Waals surface area (Å²) in [4.78, 5) is 24.4. The second-order valence-electron chi connectivity index (χ2n) is 11.1. The Hall–Kier alpha value is -1.66. The molecule has 0 bridgehead atoms. The van der Waals surface area contributed by atoms with Crippen LogP contribution >= 0.6 is 0 Å². The maximum atomic E-state index is 11.0. The smallest absolute Gasteiger partial charge is 0.330 e. The molecule has 0 amide bonds. The molecule has 0 saturated heterocycles. The van der Waals surface area contributed by atoms with Gasteiger partial charge in [-0.05, 0) is 45.7 Å². The molecule has 6 heteroatoms. The Balaban J connectivity index is 3.48. The van der Waals surface area contributed by atoms with Crippen molar-refractivity contribution in [2.75, 3.05) is 60.5 Å². The maximum absolute atomic E-state index is 11.0. The van der Waals surface area contributed by atoms with Gasteiger partial charge in [-0.25, -0.2) is 9.59 Å². The summed E-state index contributed by atoms with van der Waals surface area (Å²) in [5.74, 6) is -0.629. The van der Waals surface area contributed by atoms with Crippen LogP contribution in [0.4, 0.5) is 0 Å². The van der Waals surface area contributed by atoms with Crippen molar-refractivity contribution < 1.29 is 23.5 Å². The fourth-order valence-corrected chi connectivity index (χ4v) is 4.53. The first kappa shape index (κ1) is 35.3. The van der Waals surface area contributed by atoms with E-state index in [1.165, 1.54) is 115 Å². The van der Waals surface area contributed by atoms with Crippen molar-refractivity contribution in [1.82, 2.24) is 4.90 Å². The molecule has 0 aromatic rings. The van der Waals surface area contributed by atoms with Crippen LogP contribution in [-0.2, 0) is 19.1 Å². The van der Waals surface area contributed by atoms with Crippen LogP contribution in [0, 0.1) is 0 Å². The first-order chi connectivity index (χ1) is 17.8. The van der Waals surface area contributed by atoms with Gasteiger partial charge in [0.25, 0.3) is 0 Å². The van der Waals surface area contributed by atoms with E-state index in [1.54, 1.807) is 0 Å². The van der Waals surface area contributed by atoms with E-state index in [9.17, 15) is 9.59 Å². The third kappa shape index (κ3) is 25.8. The van der Waals surface area contributed by atoms with Gasteiger partial charge in [0.05, 0.1) is 40.4 Å². The third-order valence-corrected chi connectivity index (χ3v) is 6.97. The van der Waals surface area contributed by atoms with Gasteiger partial charge in [0.2, 0.25) is 0 Å². The average Bonchev–Trinajstić information content (AvgIpc) is 2.87. The topological polar surface area (TPSA) is 55.8 Å². The molecule has 37 heavy (non-hydrogen) atoms. The lowest BCUT2D eigenvalue weighted by molar-refractivity contribution is -0.890. The molecule has 0 N–H and O–H groups in total. The first-order valence-electron chi connectivity index (χ1n) is 14.9. The molecular weight excluding hydrogens is 464 g/mol. The molecule has 0 heterocycles. The minimum Gasteiger partial charge on any atom is -0.463 e. The number of hydrogen-bond donors (Lipinski definition) is 0. The highest BCUT2D eigenvalue weighted by Crippen LogP contribution is 2.11. The predicted octanol–water partition coefficient (Wildman–Crippen LogP) is 6.69. The fourth-order valence-electron chi connectivity index (χ4n) is 4.53. The van der Waals surface area contributed by atoms with E-state index < -0.39 is 0 Å². The molecule has 0 spiro atoms. The zero-order valence-electron chi connectivity index (χ0n) is 24.7. The van der Waals surface area contributed by atoms with Crippen molar-refractivity contribution in [2.45, 2.75) is 103 Å². The molecule has 0 rings (SSSR count). The van der Waals surface area contributed by atoms with E-state index >= 15 is 0 Å². The van der Waals surface area contributed by atoms with Crippen molar-refractivity contribution in [1.29, 1.82) is 0 Å². The number of unbranched alkanes of at least 4 members (excludes halogenated alkanes) is 13. The minimum atomic E-state index is -0.315. The minimum absolute atomic E-state index is 0.314. The van der Waals surface area contributed by atoms with Gasteiger partial charge in [-0.2, -0.15) is 0 Å². The van der Waals surface area contributed by atoms with Gasteiger partial charge in [-0.3, -0.25) is 0 Å². The maximum Gasteiger partial charge on any atom is 0.330 e. The van der Waals surface area contributed by atoms with E-state index in [-0.39, 0.29) is 11.9 Å². The summed E-state index contributed by atoms with van der Waals surface area (Å²) < 4.78 is 11.1. The van der Waals surface area contributed by atoms with Crippen LogP contribution < -0.4 is 0 Å². The van der Waals surface area contributed by atoms with E-state index in [0.717, 1.165) is 30.2 Å². The van der Waals surface area contributed by atoms with Gasteiger partial charge in [0, 0.05) is 25.1 Å². The highest BCUT2D eigenvalue weighted by Gasteiger charge is 2.14. The number of carbonyl (C=O) groups excluding carboxylic acids is 2. The molecule has 0 unspecified atom stereocenters. The summed E-state index contributed by atoms with van der Waals surface area (Å²) in [7, 11) is 7.01. The Morgan fingerprint density at radius 3 is 1.41 bits per heavy atom. The molecule has 0 aromatic carbocycles. The molecule has 0 aromatic heterocycles. The number of esters is 2. The number of quaternary nitrogens is 1. The van der Waals surface area contributed by atoms with Crippen molar-refractivity contribution in [3.8, 4) is 0 Å². The molecule has 0 aliphatic heterocycles. The van der Waals surface area contributed by atoms with E-state index in [4.69, 9.17) is 9.47 Å². The largest absolute Gasteiger partial charge is 0.463 e. The molecule has 0 saturated carbocycles. The summed E-state index contributed by atoms with van der Waals surface area (Å²) in [6, 6.07) is 0. The van der Waals surface area contributed by atoms with Crippen LogP contribution in [0.2, 0.25) is 0 Å². The summed E-state index contributed by atoms with van der Waals surface area (Å²) in [5.41, 5.74) is 0. The zero-order valence-corrected chi connectivity index (χ0v) is 24.7. The molecule has 0 aliphatic carbocycles. The van der Waals surface area contributed by atoms with Crippen molar-refractivity contribution in [3.63, 3.8) is 0 Å². The third-order valence-electron chi connectivity index (χ3n) is 6.97. The Kier molecular flexibility index (Phi) is 23.6. The standard InChI is InChI=1S/C31H59N2O4/c1-6-30(34)36-28-21-17-13-9-8-11-15-19-24-32(3)25-23-27-33(4,5)26-20-16-12-10-14-18-22-29-37-31(35)7-2/h6-7H,1-2,8-29H2,3-5H3/q+1. The Morgan fingerprint density at radius 1 is 0.595 bits per heavy atom. The molecule has 0 aliphatic rings. The van der Waals surface area contributed by atoms with Crippen LogP contribution in [0.1, 0.15) is 103 Å². The molecular formula is C31H59N2O4+. The summed E-state index contributed by atoms with van der Waals surface area (Å²) in [6.45, 7) is 12.8. The van der Waals surface area contributed by atoms with Gasteiger partial charge in [-0.1, -0.05) is 77.4 Å². The Morgan fingerprint density at radius 2 is 0.946 bits per heavy atom. The van der Waals surface area contributed by atoms with Gasteiger partial charge in [0.1, 0.15) is 0 Å². The predicted molar refractivity (Wildman–Crippen MR) is 156 cm³/mol. The Bertz CT molecular complexity index is 592. The normalized spacial score (nSPS) is 11.5. The van der Waals surface area contributed by atoms with Gasteiger partial charge in [-0.15, -0.1) is 0 Å². The average molecular weight is 524 g/mol. The number of carbonyl (C=O) groups is 2. The molecule has 0 radical (unpaired) electrons. The van der Waals surface area contributed by atoms with Crippen molar-refractivity contribution in [3.05, 3.63) is 25.3 Å². The highest BCUT2D eigenvalue weighted by molar-refractivity contribution is 5.81. The lowest BCUT2D eigenvalue weighted by Crippen LogP contribution is -2.42. The molecule has 0 fully saturated rings. The van der Waals surface area contributed by atoms with E-state index in [2.05, 4.69) is 39.2 Å². The van der Waals surface area contributed by atoms with Crippen LogP contribution in [-0.4, -0.2) is 81.9 Å².